The molecule has 1 heterocycles. The number of benzene rings is 9. The molecule has 9 aromatic carbocycles. The molecule has 0 aliphatic carbocycles. The number of hydrogen-bond acceptors (Lipinski definition) is 1. The topological polar surface area (TPSA) is 13.1 Å². The van der Waals surface area contributed by atoms with Crippen molar-refractivity contribution in [3.8, 4) is 22.3 Å². The Labute approximate surface area is 259 Å². The van der Waals surface area contributed by atoms with E-state index in [9.17, 15) is 0 Å². The van der Waals surface area contributed by atoms with E-state index >= 15 is 0 Å². The van der Waals surface area contributed by atoms with Gasteiger partial charge in [-0.1, -0.05) is 133 Å². The minimum Gasteiger partial charge on any atom is -0.455 e. The third-order valence-electron chi connectivity index (χ3n) is 9.60. The summed E-state index contributed by atoms with van der Waals surface area (Å²) in [4.78, 5) is 0. The highest BCUT2D eigenvalue weighted by Gasteiger charge is 2.18. The Morgan fingerprint density at radius 1 is 0.289 bits per heavy atom. The van der Waals surface area contributed by atoms with E-state index in [1.807, 2.05) is 0 Å². The minimum absolute atomic E-state index is 0.935. The first-order valence-electron chi connectivity index (χ1n) is 15.5. The molecule has 1 heteroatoms. The first-order valence-corrected chi connectivity index (χ1v) is 15.5. The van der Waals surface area contributed by atoms with Crippen LogP contribution in [-0.2, 0) is 0 Å². The van der Waals surface area contributed by atoms with Crippen molar-refractivity contribution in [1.82, 2.24) is 0 Å². The largest absolute Gasteiger partial charge is 0.455 e. The smallest absolute Gasteiger partial charge is 0.143 e. The summed E-state index contributed by atoms with van der Waals surface area (Å²) >= 11 is 0. The molecular formula is C44H26O. The standard InChI is InChI=1S/C44H26O/c1-2-9-28-24-29(17-16-27(28)8-1)30-18-19-32-26-33(21-20-31(32)25-30)34-14-7-15-40-41-23-22-39-37-12-4-3-10-35(37)36-11-5-6-13-38(36)42(39)44(41)45-43(34)40/h1-26H. The molecule has 1 nitrogen and oxygen atoms in total. The van der Waals surface area contributed by atoms with Crippen molar-refractivity contribution in [2.75, 3.05) is 0 Å². The Hall–Kier alpha value is -5.92. The fourth-order valence-corrected chi connectivity index (χ4v) is 7.43. The highest BCUT2D eigenvalue weighted by atomic mass is 16.3. The number of fused-ring (bicyclic) bond motifs is 12. The molecule has 0 radical (unpaired) electrons. The molecule has 1 aromatic heterocycles. The zero-order chi connectivity index (χ0) is 29.5. The molecule has 208 valence electrons. The van der Waals surface area contributed by atoms with Crippen LogP contribution >= 0.6 is 0 Å². The van der Waals surface area contributed by atoms with Crippen molar-refractivity contribution in [2.45, 2.75) is 0 Å². The lowest BCUT2D eigenvalue weighted by Crippen LogP contribution is -1.83. The second kappa shape index (κ2) is 9.29. The number of rotatable bonds is 2. The van der Waals surface area contributed by atoms with E-state index in [1.54, 1.807) is 0 Å². The molecule has 10 rings (SSSR count). The second-order valence-corrected chi connectivity index (χ2v) is 12.1. The first kappa shape index (κ1) is 24.5. The van der Waals surface area contributed by atoms with Gasteiger partial charge in [0.05, 0.1) is 0 Å². The van der Waals surface area contributed by atoms with Gasteiger partial charge in [-0.15, -0.1) is 0 Å². The van der Waals surface area contributed by atoms with Crippen molar-refractivity contribution >= 4 is 75.8 Å². The van der Waals surface area contributed by atoms with Gasteiger partial charge in [0.25, 0.3) is 0 Å². The predicted octanol–water partition coefficient (Wildman–Crippen LogP) is 12.7. The fourth-order valence-electron chi connectivity index (χ4n) is 7.43. The average Bonchev–Trinajstić information content (AvgIpc) is 3.50. The summed E-state index contributed by atoms with van der Waals surface area (Å²) in [5.41, 5.74) is 6.63. The zero-order valence-electron chi connectivity index (χ0n) is 24.4. The van der Waals surface area contributed by atoms with Gasteiger partial charge < -0.3 is 4.42 Å². The van der Waals surface area contributed by atoms with Crippen LogP contribution in [0.1, 0.15) is 0 Å². The van der Waals surface area contributed by atoms with Crippen molar-refractivity contribution in [1.29, 1.82) is 0 Å². The van der Waals surface area contributed by atoms with E-state index < -0.39 is 0 Å². The predicted molar refractivity (Wildman–Crippen MR) is 192 cm³/mol. The average molecular weight is 571 g/mol. The summed E-state index contributed by atoms with van der Waals surface area (Å²) in [5.74, 6) is 0. The molecular weight excluding hydrogens is 544 g/mol. The maximum Gasteiger partial charge on any atom is 0.143 e. The maximum atomic E-state index is 6.93. The maximum absolute atomic E-state index is 6.93. The summed E-state index contributed by atoms with van der Waals surface area (Å²) in [7, 11) is 0. The molecule has 0 spiro atoms. The Morgan fingerprint density at radius 3 is 1.49 bits per heavy atom. The van der Waals surface area contributed by atoms with E-state index in [0.717, 1.165) is 33.1 Å². The van der Waals surface area contributed by atoms with Crippen LogP contribution in [-0.4, -0.2) is 0 Å². The second-order valence-electron chi connectivity index (χ2n) is 12.1. The van der Waals surface area contributed by atoms with Gasteiger partial charge in [-0.3, -0.25) is 0 Å². The van der Waals surface area contributed by atoms with E-state index in [1.165, 1.54) is 65.0 Å². The van der Waals surface area contributed by atoms with Crippen LogP contribution in [0.4, 0.5) is 0 Å². The van der Waals surface area contributed by atoms with Gasteiger partial charge in [0.15, 0.2) is 0 Å². The lowest BCUT2D eigenvalue weighted by Gasteiger charge is -2.10. The summed E-state index contributed by atoms with van der Waals surface area (Å²) in [6.45, 7) is 0. The van der Waals surface area contributed by atoms with Crippen LogP contribution in [0.5, 0.6) is 0 Å². The molecule has 0 amide bonds. The van der Waals surface area contributed by atoms with Crippen LogP contribution in [0.25, 0.3) is 98.1 Å². The first-order chi connectivity index (χ1) is 22.3. The van der Waals surface area contributed by atoms with Gasteiger partial charge in [0.2, 0.25) is 0 Å². The summed E-state index contributed by atoms with van der Waals surface area (Å²) in [6, 6.07) is 57.2. The molecule has 10 aromatic rings. The van der Waals surface area contributed by atoms with Gasteiger partial charge >= 0.3 is 0 Å². The lowest BCUT2D eigenvalue weighted by atomic mass is 9.93. The van der Waals surface area contributed by atoms with E-state index in [-0.39, 0.29) is 0 Å². The van der Waals surface area contributed by atoms with Crippen molar-refractivity contribution in [3.63, 3.8) is 0 Å². The van der Waals surface area contributed by atoms with E-state index in [4.69, 9.17) is 4.42 Å². The quantitative estimate of drug-likeness (QED) is 0.188. The highest BCUT2D eigenvalue weighted by molar-refractivity contribution is 6.32. The Morgan fingerprint density at radius 2 is 0.756 bits per heavy atom. The third-order valence-corrected chi connectivity index (χ3v) is 9.60. The van der Waals surface area contributed by atoms with E-state index in [0.29, 0.717) is 0 Å². The SMILES string of the molecule is c1ccc2cc(-c3ccc4cc(-c5cccc6c5oc5c6ccc6c7ccccc7c7ccccc7c65)ccc4c3)ccc2c1. The molecule has 0 bridgehead atoms. The molecule has 0 saturated heterocycles. The molecule has 45 heavy (non-hydrogen) atoms. The minimum atomic E-state index is 0.935. The number of para-hydroxylation sites is 1. The van der Waals surface area contributed by atoms with Crippen LogP contribution < -0.4 is 0 Å². The van der Waals surface area contributed by atoms with Crippen LogP contribution in [0.15, 0.2) is 162 Å². The molecule has 0 N–H and O–H groups in total. The third kappa shape index (κ3) is 3.62. The van der Waals surface area contributed by atoms with Gasteiger partial charge in [-0.25, -0.2) is 0 Å². The van der Waals surface area contributed by atoms with E-state index in [2.05, 4.69) is 158 Å². The molecule has 0 atom stereocenters. The molecule has 0 aliphatic heterocycles. The Bertz CT molecular complexity index is 2780. The Kier molecular flexibility index (Phi) is 5.06. The van der Waals surface area contributed by atoms with Gasteiger partial charge in [0, 0.05) is 21.7 Å². The summed E-state index contributed by atoms with van der Waals surface area (Å²) < 4.78 is 6.93. The van der Waals surface area contributed by atoms with Crippen LogP contribution in [0, 0.1) is 0 Å². The summed E-state index contributed by atoms with van der Waals surface area (Å²) in [6.07, 6.45) is 0. The molecule has 0 fully saturated rings. The molecule has 0 aliphatic rings. The van der Waals surface area contributed by atoms with Gasteiger partial charge in [-0.05, 0) is 89.4 Å². The van der Waals surface area contributed by atoms with Crippen LogP contribution in [0.3, 0.4) is 0 Å². The van der Waals surface area contributed by atoms with Gasteiger partial charge in [0.1, 0.15) is 11.2 Å². The molecule has 0 unspecified atom stereocenters. The van der Waals surface area contributed by atoms with Gasteiger partial charge in [-0.2, -0.15) is 0 Å². The molecule has 0 saturated carbocycles. The van der Waals surface area contributed by atoms with Crippen LogP contribution in [0.2, 0.25) is 0 Å². The normalized spacial score (nSPS) is 12.0. The van der Waals surface area contributed by atoms with Crippen molar-refractivity contribution in [2.24, 2.45) is 0 Å². The van der Waals surface area contributed by atoms with Crippen molar-refractivity contribution in [3.05, 3.63) is 158 Å². The highest BCUT2D eigenvalue weighted by Crippen LogP contribution is 2.44. The summed E-state index contributed by atoms with van der Waals surface area (Å²) in [5, 5.41) is 14.7. The fraction of sp³-hybridized carbons (Fsp3) is 0. The lowest BCUT2D eigenvalue weighted by molar-refractivity contribution is 0.674. The number of hydrogen-bond donors (Lipinski definition) is 0. The zero-order valence-corrected chi connectivity index (χ0v) is 24.4. The monoisotopic (exact) mass is 570 g/mol. The number of furan rings is 1. The Balaban J connectivity index is 1.16. The van der Waals surface area contributed by atoms with Crippen molar-refractivity contribution < 1.29 is 4.42 Å².